The molecular formula is C23H27F3N4O3. The van der Waals surface area contributed by atoms with Gasteiger partial charge in [-0.2, -0.15) is 0 Å². The van der Waals surface area contributed by atoms with Gasteiger partial charge in [-0.25, -0.2) is 9.59 Å². The van der Waals surface area contributed by atoms with E-state index in [4.69, 9.17) is 0 Å². The first-order valence-corrected chi connectivity index (χ1v) is 11.0. The molecule has 1 aliphatic heterocycles. The number of hydrogen-bond acceptors (Lipinski definition) is 3. The van der Waals surface area contributed by atoms with Crippen molar-refractivity contribution in [2.24, 2.45) is 0 Å². The Morgan fingerprint density at radius 2 is 1.85 bits per heavy atom. The van der Waals surface area contributed by atoms with Crippen molar-refractivity contribution in [3.8, 4) is 5.75 Å². The maximum atomic E-state index is 13.1. The Hall–Kier alpha value is -3.17. The van der Waals surface area contributed by atoms with E-state index in [9.17, 15) is 22.8 Å². The summed E-state index contributed by atoms with van der Waals surface area (Å²) in [5, 5.41) is 6.96. The van der Waals surface area contributed by atoms with Crippen LogP contribution in [-0.2, 0) is 6.54 Å². The van der Waals surface area contributed by atoms with Gasteiger partial charge in [0.05, 0.1) is 6.04 Å². The van der Waals surface area contributed by atoms with Gasteiger partial charge in [0.2, 0.25) is 0 Å². The molecule has 0 bridgehead atoms. The van der Waals surface area contributed by atoms with E-state index < -0.39 is 6.36 Å². The fourth-order valence-electron chi connectivity index (χ4n) is 4.36. The standard InChI is InChI=1S/C23H27F3N4O3/c1-27-21(31)29-10-2-3-19(14-29)30(18-7-8-18)22(32)28-13-15-4-5-16-6-9-20(12-17(16)11-15)33-23(24,25)26/h4-6,9,11-12,18-19H,2-3,7-8,10,13-14H2,1H3,(H,27,31)(H,28,32)/t19-/m1/s1. The topological polar surface area (TPSA) is 73.9 Å². The van der Waals surface area contributed by atoms with Gasteiger partial charge in [-0.15, -0.1) is 13.2 Å². The van der Waals surface area contributed by atoms with E-state index in [-0.39, 0.29) is 36.4 Å². The number of nitrogens with zero attached hydrogens (tertiary/aromatic N) is 2. The Morgan fingerprint density at radius 1 is 1.09 bits per heavy atom. The molecule has 178 valence electrons. The highest BCUT2D eigenvalue weighted by Gasteiger charge is 2.39. The maximum absolute atomic E-state index is 13.1. The first-order chi connectivity index (χ1) is 15.7. The molecule has 2 aromatic carbocycles. The molecule has 0 spiro atoms. The van der Waals surface area contributed by atoms with Crippen molar-refractivity contribution in [1.29, 1.82) is 0 Å². The summed E-state index contributed by atoms with van der Waals surface area (Å²) in [6.07, 6.45) is -1.18. The van der Waals surface area contributed by atoms with Crippen molar-refractivity contribution >= 4 is 22.8 Å². The molecule has 0 radical (unpaired) electrons. The van der Waals surface area contributed by atoms with E-state index >= 15 is 0 Å². The third kappa shape index (κ3) is 5.80. The summed E-state index contributed by atoms with van der Waals surface area (Å²) in [6, 6.07) is 9.37. The molecule has 2 aliphatic rings. The maximum Gasteiger partial charge on any atom is 0.573 e. The number of ether oxygens (including phenoxy) is 1. The molecule has 1 atom stereocenters. The molecule has 2 N–H and O–H groups in total. The van der Waals surface area contributed by atoms with Crippen LogP contribution in [-0.4, -0.2) is 60.4 Å². The monoisotopic (exact) mass is 464 g/mol. The van der Waals surface area contributed by atoms with Gasteiger partial charge < -0.3 is 25.2 Å². The van der Waals surface area contributed by atoms with Crippen LogP contribution in [0.1, 0.15) is 31.2 Å². The highest BCUT2D eigenvalue weighted by molar-refractivity contribution is 5.84. The molecule has 0 aromatic heterocycles. The summed E-state index contributed by atoms with van der Waals surface area (Å²) in [4.78, 5) is 28.7. The van der Waals surface area contributed by atoms with E-state index in [0.717, 1.165) is 36.6 Å². The first kappa shape index (κ1) is 23.0. The van der Waals surface area contributed by atoms with Crippen LogP contribution in [0.2, 0.25) is 0 Å². The van der Waals surface area contributed by atoms with E-state index in [0.29, 0.717) is 18.5 Å². The van der Waals surface area contributed by atoms with Crippen LogP contribution in [0.5, 0.6) is 5.75 Å². The zero-order valence-corrected chi connectivity index (χ0v) is 18.3. The molecule has 10 heteroatoms. The summed E-state index contributed by atoms with van der Waals surface area (Å²) in [5.41, 5.74) is 0.770. The average Bonchev–Trinajstić information content (AvgIpc) is 3.61. The van der Waals surface area contributed by atoms with Crippen LogP contribution in [0, 0.1) is 0 Å². The number of hydrogen-bond donors (Lipinski definition) is 2. The minimum absolute atomic E-state index is 0.0396. The number of likely N-dealkylation sites (tertiary alicyclic amines) is 1. The van der Waals surface area contributed by atoms with Gasteiger partial charge in [0.1, 0.15) is 5.75 Å². The average molecular weight is 464 g/mol. The summed E-state index contributed by atoms with van der Waals surface area (Å²) in [5.74, 6) is -0.283. The molecule has 33 heavy (non-hydrogen) atoms. The quantitative estimate of drug-likeness (QED) is 0.696. The van der Waals surface area contributed by atoms with Gasteiger partial charge in [0.25, 0.3) is 0 Å². The molecule has 1 heterocycles. The second-order valence-corrected chi connectivity index (χ2v) is 8.49. The number of piperidine rings is 1. The van der Waals surface area contributed by atoms with Gasteiger partial charge in [-0.3, -0.25) is 0 Å². The van der Waals surface area contributed by atoms with Crippen molar-refractivity contribution in [2.75, 3.05) is 20.1 Å². The van der Waals surface area contributed by atoms with Crippen LogP contribution < -0.4 is 15.4 Å². The zero-order chi connectivity index (χ0) is 23.6. The van der Waals surface area contributed by atoms with E-state index in [1.54, 1.807) is 30.1 Å². The number of nitrogens with one attached hydrogen (secondary N) is 2. The number of fused-ring (bicyclic) bond motifs is 1. The Bertz CT molecular complexity index is 1030. The predicted molar refractivity (Wildman–Crippen MR) is 117 cm³/mol. The number of halogens is 3. The summed E-state index contributed by atoms with van der Waals surface area (Å²) >= 11 is 0. The Balaban J connectivity index is 1.42. The third-order valence-corrected chi connectivity index (χ3v) is 6.02. The van der Waals surface area contributed by atoms with Crippen molar-refractivity contribution < 1.29 is 27.5 Å². The Kier molecular flexibility index (Phi) is 6.53. The number of rotatable bonds is 5. The van der Waals surface area contributed by atoms with Crippen molar-refractivity contribution in [1.82, 2.24) is 20.4 Å². The molecule has 1 aliphatic carbocycles. The molecule has 4 amide bonds. The van der Waals surface area contributed by atoms with Gasteiger partial charge >= 0.3 is 18.4 Å². The summed E-state index contributed by atoms with van der Waals surface area (Å²) in [7, 11) is 1.60. The largest absolute Gasteiger partial charge is 0.573 e. The van der Waals surface area contributed by atoms with Crippen LogP contribution in [0.3, 0.4) is 0 Å². The fourth-order valence-corrected chi connectivity index (χ4v) is 4.36. The van der Waals surface area contributed by atoms with E-state index in [1.807, 2.05) is 11.0 Å². The Morgan fingerprint density at radius 3 is 2.55 bits per heavy atom. The molecule has 7 nitrogen and oxygen atoms in total. The molecule has 2 aromatic rings. The summed E-state index contributed by atoms with van der Waals surface area (Å²) in [6.45, 7) is 1.42. The smallest absolute Gasteiger partial charge is 0.406 e. The lowest BCUT2D eigenvalue weighted by Crippen LogP contribution is -2.56. The minimum Gasteiger partial charge on any atom is -0.406 e. The molecule has 4 rings (SSSR count). The van der Waals surface area contributed by atoms with Crippen LogP contribution in [0.4, 0.5) is 22.8 Å². The molecular weight excluding hydrogens is 437 g/mol. The summed E-state index contributed by atoms with van der Waals surface area (Å²) < 4.78 is 41.6. The number of benzene rings is 2. The number of carbonyl (C=O) groups excluding carboxylic acids is 2. The van der Waals surface area contributed by atoms with Crippen LogP contribution >= 0.6 is 0 Å². The predicted octanol–water partition coefficient (Wildman–Crippen LogP) is 4.22. The number of amides is 4. The van der Waals surface area contributed by atoms with Gasteiger partial charge in [0, 0.05) is 32.7 Å². The minimum atomic E-state index is -4.75. The normalized spacial score (nSPS) is 18.7. The lowest BCUT2D eigenvalue weighted by Gasteiger charge is -2.39. The second kappa shape index (κ2) is 9.36. The first-order valence-electron chi connectivity index (χ1n) is 11.0. The third-order valence-electron chi connectivity index (χ3n) is 6.02. The van der Waals surface area contributed by atoms with Crippen molar-refractivity contribution in [2.45, 2.75) is 50.7 Å². The fraction of sp³-hybridized carbons (Fsp3) is 0.478. The molecule has 1 saturated heterocycles. The molecule has 2 fully saturated rings. The number of alkyl halides is 3. The highest BCUT2D eigenvalue weighted by Crippen LogP contribution is 2.32. The van der Waals surface area contributed by atoms with Gasteiger partial charge in [0.15, 0.2) is 0 Å². The van der Waals surface area contributed by atoms with Gasteiger partial charge in [-0.1, -0.05) is 18.2 Å². The highest BCUT2D eigenvalue weighted by atomic mass is 19.4. The SMILES string of the molecule is CNC(=O)N1CCC[C@@H](N(C(=O)NCc2ccc3ccc(OC(F)(F)F)cc3c2)C2CC2)C1. The number of urea groups is 2. The van der Waals surface area contributed by atoms with E-state index in [2.05, 4.69) is 15.4 Å². The van der Waals surface area contributed by atoms with Gasteiger partial charge in [-0.05, 0) is 60.2 Å². The lowest BCUT2D eigenvalue weighted by molar-refractivity contribution is -0.274. The zero-order valence-electron chi connectivity index (χ0n) is 18.3. The number of carbonyl (C=O) groups is 2. The Labute approximate surface area is 189 Å². The van der Waals surface area contributed by atoms with Crippen molar-refractivity contribution in [3.63, 3.8) is 0 Å². The molecule has 0 unspecified atom stereocenters. The van der Waals surface area contributed by atoms with Crippen LogP contribution in [0.15, 0.2) is 36.4 Å². The molecule has 1 saturated carbocycles. The van der Waals surface area contributed by atoms with Crippen molar-refractivity contribution in [3.05, 3.63) is 42.0 Å². The second-order valence-electron chi connectivity index (χ2n) is 8.49. The van der Waals surface area contributed by atoms with E-state index in [1.165, 1.54) is 12.1 Å². The van der Waals surface area contributed by atoms with Crippen LogP contribution in [0.25, 0.3) is 10.8 Å². The lowest BCUT2D eigenvalue weighted by atomic mass is 10.0.